The van der Waals surface area contributed by atoms with Crippen molar-refractivity contribution in [1.29, 1.82) is 0 Å². The molecular formula is C22H32N2O2. The first-order valence-electron chi connectivity index (χ1n) is 10.3. The zero-order valence-corrected chi connectivity index (χ0v) is 16.0. The lowest BCUT2D eigenvalue weighted by atomic mass is 9.86. The third-order valence-corrected chi connectivity index (χ3v) is 5.92. The summed E-state index contributed by atoms with van der Waals surface area (Å²) in [5, 5.41) is 3.19. The molecule has 1 heterocycles. The Labute approximate surface area is 157 Å². The number of nitrogens with zero attached hydrogens (tertiary/aromatic N) is 1. The molecule has 0 spiro atoms. The minimum Gasteiger partial charge on any atom is -0.353 e. The van der Waals surface area contributed by atoms with E-state index in [1.165, 1.54) is 32.1 Å². The molecule has 1 saturated carbocycles. The number of hydrogen-bond acceptors (Lipinski definition) is 2. The van der Waals surface area contributed by atoms with Crippen molar-refractivity contribution in [2.75, 3.05) is 13.1 Å². The van der Waals surface area contributed by atoms with Crippen LogP contribution in [0, 0.1) is 12.8 Å². The van der Waals surface area contributed by atoms with Crippen LogP contribution < -0.4 is 5.32 Å². The maximum atomic E-state index is 12.6. The number of rotatable bonds is 5. The van der Waals surface area contributed by atoms with Gasteiger partial charge >= 0.3 is 0 Å². The Morgan fingerprint density at radius 3 is 2.50 bits per heavy atom. The fraction of sp³-hybridized carbons (Fsp3) is 0.636. The number of carbonyl (C=O) groups is 2. The van der Waals surface area contributed by atoms with Crippen LogP contribution in [-0.4, -0.2) is 35.8 Å². The van der Waals surface area contributed by atoms with Crippen LogP contribution in [0.1, 0.15) is 73.7 Å². The maximum absolute atomic E-state index is 12.6. The predicted octanol–water partition coefficient (Wildman–Crippen LogP) is 4.08. The highest BCUT2D eigenvalue weighted by molar-refractivity contribution is 5.94. The van der Waals surface area contributed by atoms with E-state index in [-0.39, 0.29) is 17.9 Å². The summed E-state index contributed by atoms with van der Waals surface area (Å²) in [5.41, 5.74) is 1.87. The van der Waals surface area contributed by atoms with Gasteiger partial charge in [-0.3, -0.25) is 9.59 Å². The second kappa shape index (κ2) is 9.20. The Bertz CT molecular complexity index is 614. The fourth-order valence-electron chi connectivity index (χ4n) is 4.30. The maximum Gasteiger partial charge on any atom is 0.253 e. The SMILES string of the molecule is Cc1cccc(C(=O)N2CCC(NC(=O)CCC3CCCCC3)CC2)c1. The molecule has 0 atom stereocenters. The van der Waals surface area contributed by atoms with Crippen molar-refractivity contribution >= 4 is 11.8 Å². The molecule has 3 rings (SSSR count). The van der Waals surface area contributed by atoms with E-state index in [0.717, 1.165) is 49.4 Å². The van der Waals surface area contributed by atoms with Crippen LogP contribution >= 0.6 is 0 Å². The van der Waals surface area contributed by atoms with Crippen molar-refractivity contribution < 1.29 is 9.59 Å². The molecule has 1 saturated heterocycles. The summed E-state index contributed by atoms with van der Waals surface area (Å²) in [6.45, 7) is 3.45. The fourth-order valence-corrected chi connectivity index (χ4v) is 4.30. The lowest BCUT2D eigenvalue weighted by Crippen LogP contribution is -2.46. The van der Waals surface area contributed by atoms with Gasteiger partial charge in [-0.1, -0.05) is 49.8 Å². The minimum absolute atomic E-state index is 0.107. The summed E-state index contributed by atoms with van der Waals surface area (Å²) in [6, 6.07) is 7.99. The number of carbonyl (C=O) groups excluding carboxylic acids is 2. The van der Waals surface area contributed by atoms with Crippen molar-refractivity contribution in [3.63, 3.8) is 0 Å². The van der Waals surface area contributed by atoms with Gasteiger partial charge in [0.15, 0.2) is 0 Å². The summed E-state index contributed by atoms with van der Waals surface area (Å²) in [4.78, 5) is 26.7. The third kappa shape index (κ3) is 5.33. The molecule has 2 amide bonds. The molecule has 1 aromatic carbocycles. The van der Waals surface area contributed by atoms with E-state index in [0.29, 0.717) is 6.42 Å². The van der Waals surface area contributed by atoms with Crippen LogP contribution in [-0.2, 0) is 4.79 Å². The van der Waals surface area contributed by atoms with E-state index in [9.17, 15) is 9.59 Å². The summed E-state index contributed by atoms with van der Waals surface area (Å²) >= 11 is 0. The number of amides is 2. The molecule has 0 radical (unpaired) electrons. The molecule has 0 unspecified atom stereocenters. The molecule has 1 N–H and O–H groups in total. The molecule has 1 aliphatic heterocycles. The molecule has 1 aromatic rings. The van der Waals surface area contributed by atoms with Crippen molar-refractivity contribution in [2.45, 2.75) is 70.8 Å². The van der Waals surface area contributed by atoms with Crippen LogP contribution in [0.15, 0.2) is 24.3 Å². The average Bonchev–Trinajstić information content (AvgIpc) is 2.67. The molecular weight excluding hydrogens is 324 g/mol. The molecule has 4 nitrogen and oxygen atoms in total. The normalized spacial score (nSPS) is 19.3. The van der Waals surface area contributed by atoms with E-state index in [2.05, 4.69) is 5.32 Å². The molecule has 142 valence electrons. The average molecular weight is 357 g/mol. The largest absolute Gasteiger partial charge is 0.353 e. The summed E-state index contributed by atoms with van der Waals surface area (Å²) < 4.78 is 0. The van der Waals surface area contributed by atoms with E-state index >= 15 is 0 Å². The Balaban J connectivity index is 1.39. The summed E-state index contributed by atoms with van der Waals surface area (Å²) in [5.74, 6) is 1.05. The minimum atomic E-state index is 0.107. The van der Waals surface area contributed by atoms with Crippen LogP contribution in [0.2, 0.25) is 0 Å². The smallest absolute Gasteiger partial charge is 0.253 e. The molecule has 0 bridgehead atoms. The van der Waals surface area contributed by atoms with Gasteiger partial charge < -0.3 is 10.2 Å². The number of nitrogens with one attached hydrogen (secondary N) is 1. The summed E-state index contributed by atoms with van der Waals surface area (Å²) in [6.07, 6.45) is 10.0. The van der Waals surface area contributed by atoms with E-state index in [1.807, 2.05) is 36.1 Å². The quantitative estimate of drug-likeness (QED) is 0.864. The van der Waals surface area contributed by atoms with E-state index < -0.39 is 0 Å². The summed E-state index contributed by atoms with van der Waals surface area (Å²) in [7, 11) is 0. The molecule has 0 aromatic heterocycles. The second-order valence-electron chi connectivity index (χ2n) is 8.05. The van der Waals surface area contributed by atoms with Crippen LogP contribution in [0.3, 0.4) is 0 Å². The van der Waals surface area contributed by atoms with E-state index in [4.69, 9.17) is 0 Å². The van der Waals surface area contributed by atoms with Crippen molar-refractivity contribution in [2.24, 2.45) is 5.92 Å². The lowest BCUT2D eigenvalue weighted by molar-refractivity contribution is -0.122. The molecule has 2 aliphatic rings. The molecule has 2 fully saturated rings. The lowest BCUT2D eigenvalue weighted by Gasteiger charge is -2.32. The highest BCUT2D eigenvalue weighted by Crippen LogP contribution is 2.27. The van der Waals surface area contributed by atoms with Crippen LogP contribution in [0.4, 0.5) is 0 Å². The number of piperidine rings is 1. The first-order chi connectivity index (χ1) is 12.6. The zero-order valence-electron chi connectivity index (χ0n) is 16.0. The third-order valence-electron chi connectivity index (χ3n) is 5.92. The Morgan fingerprint density at radius 1 is 1.08 bits per heavy atom. The van der Waals surface area contributed by atoms with Gasteiger partial charge in [0.25, 0.3) is 5.91 Å². The number of likely N-dealkylation sites (tertiary alicyclic amines) is 1. The predicted molar refractivity (Wildman–Crippen MR) is 104 cm³/mol. The standard InChI is InChI=1S/C22H32N2O2/c1-17-6-5-9-19(16-17)22(26)24-14-12-20(13-15-24)23-21(25)11-10-18-7-3-2-4-8-18/h5-6,9,16,18,20H,2-4,7-8,10-15H2,1H3,(H,23,25). The van der Waals surface area contributed by atoms with Gasteiger partial charge in [-0.2, -0.15) is 0 Å². The van der Waals surface area contributed by atoms with Gasteiger partial charge in [-0.25, -0.2) is 0 Å². The monoisotopic (exact) mass is 356 g/mol. The topological polar surface area (TPSA) is 49.4 Å². The van der Waals surface area contributed by atoms with Gasteiger partial charge in [0.05, 0.1) is 0 Å². The highest BCUT2D eigenvalue weighted by atomic mass is 16.2. The molecule has 26 heavy (non-hydrogen) atoms. The van der Waals surface area contributed by atoms with Crippen LogP contribution in [0.5, 0.6) is 0 Å². The Hall–Kier alpha value is -1.84. The number of aryl methyl sites for hydroxylation is 1. The van der Waals surface area contributed by atoms with Gasteiger partial charge in [0.2, 0.25) is 5.91 Å². The zero-order chi connectivity index (χ0) is 18.4. The molecule has 4 heteroatoms. The van der Waals surface area contributed by atoms with E-state index in [1.54, 1.807) is 0 Å². The van der Waals surface area contributed by atoms with Gasteiger partial charge in [0.1, 0.15) is 0 Å². The number of hydrogen-bond donors (Lipinski definition) is 1. The Morgan fingerprint density at radius 2 is 1.81 bits per heavy atom. The van der Waals surface area contributed by atoms with Crippen molar-refractivity contribution in [3.05, 3.63) is 35.4 Å². The van der Waals surface area contributed by atoms with Crippen molar-refractivity contribution in [1.82, 2.24) is 10.2 Å². The first-order valence-corrected chi connectivity index (χ1v) is 10.3. The second-order valence-corrected chi connectivity index (χ2v) is 8.05. The molecule has 1 aliphatic carbocycles. The first kappa shape index (κ1) is 18.9. The van der Waals surface area contributed by atoms with Gasteiger partial charge in [0, 0.05) is 31.1 Å². The highest BCUT2D eigenvalue weighted by Gasteiger charge is 2.25. The number of benzene rings is 1. The van der Waals surface area contributed by atoms with Crippen molar-refractivity contribution in [3.8, 4) is 0 Å². The van der Waals surface area contributed by atoms with Gasteiger partial charge in [-0.05, 0) is 44.2 Å². The Kier molecular flexibility index (Phi) is 6.70. The van der Waals surface area contributed by atoms with Crippen LogP contribution in [0.25, 0.3) is 0 Å². The van der Waals surface area contributed by atoms with Gasteiger partial charge in [-0.15, -0.1) is 0 Å².